The summed E-state index contributed by atoms with van der Waals surface area (Å²) in [4.78, 5) is 32.3. The number of rotatable bonds is 3. The van der Waals surface area contributed by atoms with Gasteiger partial charge in [-0.15, -0.1) is 0 Å². The second-order valence-corrected chi connectivity index (χ2v) is 7.74. The molecule has 1 N–H and O–H groups in total. The minimum Gasteiger partial charge on any atom is -0.290 e. The van der Waals surface area contributed by atoms with Gasteiger partial charge in [0.05, 0.1) is 22.4 Å². The Bertz CT molecular complexity index is 949. The normalized spacial score (nSPS) is 19.0. The van der Waals surface area contributed by atoms with Crippen LogP contribution < -0.4 is 9.62 Å². The van der Waals surface area contributed by atoms with Crippen molar-refractivity contribution in [3.63, 3.8) is 0 Å². The fraction of sp³-hybridized carbons (Fsp3) is 0.200. The van der Waals surface area contributed by atoms with E-state index in [4.69, 9.17) is 11.6 Å². The predicted octanol–water partition coefficient (Wildman–Crippen LogP) is 1.69. The number of hydrogen-bond donors (Lipinski definition) is 1. The Balaban J connectivity index is 1.96. The van der Waals surface area contributed by atoms with Crippen molar-refractivity contribution in [2.24, 2.45) is 5.92 Å². The summed E-state index contributed by atoms with van der Waals surface area (Å²) >= 11 is 6.07. The number of aromatic nitrogens is 2. The molecule has 2 aromatic rings. The number of carbonyl (C=O) groups is 2. The second kappa shape index (κ2) is 6.41. The Labute approximate surface area is 148 Å². The Morgan fingerprint density at radius 2 is 2.00 bits per heavy atom. The molecule has 1 aromatic carbocycles. The van der Waals surface area contributed by atoms with E-state index in [1.54, 1.807) is 6.07 Å². The molecular formula is C15H13ClN4O4S. The molecule has 2 amide bonds. The lowest BCUT2D eigenvalue weighted by Gasteiger charge is -2.17. The van der Waals surface area contributed by atoms with Crippen LogP contribution in [0.1, 0.15) is 17.3 Å². The largest absolute Gasteiger partial charge is 0.290 e. The lowest BCUT2D eigenvalue weighted by atomic mass is 10.1. The fourth-order valence-electron chi connectivity index (χ4n) is 2.41. The molecule has 130 valence electrons. The van der Waals surface area contributed by atoms with Crippen LogP contribution in [0.15, 0.2) is 36.7 Å². The van der Waals surface area contributed by atoms with Crippen molar-refractivity contribution in [3.05, 3.63) is 47.2 Å². The molecule has 1 aliphatic rings. The minimum atomic E-state index is -3.82. The number of sulfonamides is 1. The summed E-state index contributed by atoms with van der Waals surface area (Å²) in [6.07, 6.45) is 2.93. The number of carbonyl (C=O) groups excluding carboxylic acids is 2. The zero-order valence-corrected chi connectivity index (χ0v) is 14.6. The van der Waals surface area contributed by atoms with Crippen LogP contribution in [-0.4, -0.2) is 36.0 Å². The van der Waals surface area contributed by atoms with Crippen molar-refractivity contribution >= 4 is 45.1 Å². The first kappa shape index (κ1) is 17.3. The second-order valence-electron chi connectivity index (χ2n) is 5.47. The third-order valence-electron chi connectivity index (χ3n) is 3.58. The molecule has 0 spiro atoms. The van der Waals surface area contributed by atoms with E-state index in [1.165, 1.54) is 37.5 Å². The molecule has 10 heteroatoms. The smallest absolute Gasteiger partial charge is 0.258 e. The number of nitrogens with one attached hydrogen (secondary N) is 1. The number of halogens is 1. The Morgan fingerprint density at radius 3 is 2.60 bits per heavy atom. The summed E-state index contributed by atoms with van der Waals surface area (Å²) in [7, 11) is -3.82. The van der Waals surface area contributed by atoms with Gasteiger partial charge in [-0.25, -0.2) is 22.7 Å². The molecule has 0 saturated carbocycles. The van der Waals surface area contributed by atoms with Crippen LogP contribution in [0.3, 0.4) is 0 Å². The molecule has 0 aliphatic carbocycles. The van der Waals surface area contributed by atoms with Gasteiger partial charge in [0.25, 0.3) is 5.91 Å². The van der Waals surface area contributed by atoms with Crippen molar-refractivity contribution in [2.75, 3.05) is 15.4 Å². The highest BCUT2D eigenvalue weighted by atomic mass is 35.5. The van der Waals surface area contributed by atoms with Crippen molar-refractivity contribution in [2.45, 2.75) is 6.92 Å². The quantitative estimate of drug-likeness (QED) is 0.867. The van der Waals surface area contributed by atoms with E-state index in [1.807, 2.05) is 0 Å². The third kappa shape index (κ3) is 3.33. The van der Waals surface area contributed by atoms with E-state index >= 15 is 0 Å². The van der Waals surface area contributed by atoms with Crippen LogP contribution in [0, 0.1) is 5.92 Å². The Kier molecular flexibility index (Phi) is 4.44. The van der Waals surface area contributed by atoms with Crippen molar-refractivity contribution in [1.82, 2.24) is 9.97 Å². The highest BCUT2D eigenvalue weighted by Gasteiger charge is 2.43. The number of nitrogens with zero attached hydrogens (tertiary/aromatic N) is 3. The van der Waals surface area contributed by atoms with Gasteiger partial charge in [-0.1, -0.05) is 18.5 Å². The number of amides is 2. The zero-order valence-electron chi connectivity index (χ0n) is 13.0. The lowest BCUT2D eigenvalue weighted by molar-refractivity contribution is -0.119. The van der Waals surface area contributed by atoms with Crippen LogP contribution in [0.2, 0.25) is 5.02 Å². The summed E-state index contributed by atoms with van der Waals surface area (Å²) in [6, 6.07) is 5.64. The first-order chi connectivity index (χ1) is 11.8. The summed E-state index contributed by atoms with van der Waals surface area (Å²) in [5, 5.41) is 2.53. The van der Waals surface area contributed by atoms with Crippen LogP contribution >= 0.6 is 11.6 Å². The number of anilines is 2. The van der Waals surface area contributed by atoms with Gasteiger partial charge in [0.15, 0.2) is 0 Å². The molecule has 2 heterocycles. The van der Waals surface area contributed by atoms with E-state index in [-0.39, 0.29) is 28.0 Å². The van der Waals surface area contributed by atoms with Gasteiger partial charge in [0, 0.05) is 18.0 Å². The zero-order chi connectivity index (χ0) is 18.2. The van der Waals surface area contributed by atoms with E-state index in [0.29, 0.717) is 4.31 Å². The fourth-order valence-corrected chi connectivity index (χ4v) is 4.49. The summed E-state index contributed by atoms with van der Waals surface area (Å²) < 4.78 is 25.1. The van der Waals surface area contributed by atoms with Gasteiger partial charge in [0.2, 0.25) is 21.9 Å². The molecule has 1 aliphatic heterocycles. The van der Waals surface area contributed by atoms with E-state index in [0.717, 1.165) is 0 Å². The minimum absolute atomic E-state index is 0.0438. The summed E-state index contributed by atoms with van der Waals surface area (Å²) in [5.41, 5.74) is 0.0760. The molecular weight excluding hydrogens is 368 g/mol. The number of benzene rings is 1. The van der Waals surface area contributed by atoms with E-state index < -0.39 is 27.8 Å². The summed E-state index contributed by atoms with van der Waals surface area (Å²) in [5.74, 6) is -2.00. The van der Waals surface area contributed by atoms with Crippen LogP contribution in [-0.2, 0) is 14.8 Å². The van der Waals surface area contributed by atoms with Gasteiger partial charge in [-0.05, 0) is 24.3 Å². The van der Waals surface area contributed by atoms with E-state index in [9.17, 15) is 18.0 Å². The molecule has 1 unspecified atom stereocenters. The van der Waals surface area contributed by atoms with Crippen molar-refractivity contribution in [1.29, 1.82) is 0 Å². The molecule has 1 atom stereocenters. The van der Waals surface area contributed by atoms with Gasteiger partial charge in [-0.2, -0.15) is 0 Å². The van der Waals surface area contributed by atoms with Gasteiger partial charge in [-0.3, -0.25) is 14.9 Å². The van der Waals surface area contributed by atoms with E-state index in [2.05, 4.69) is 15.3 Å². The SMILES string of the molecule is CC1CS(=O)(=O)N(c2cc(C(=O)Nc3ncccn3)ccc2Cl)C1=O. The number of hydrogen-bond acceptors (Lipinski definition) is 6. The highest BCUT2D eigenvalue weighted by Crippen LogP contribution is 2.34. The first-order valence-corrected chi connectivity index (χ1v) is 9.23. The lowest BCUT2D eigenvalue weighted by Crippen LogP contribution is -2.30. The van der Waals surface area contributed by atoms with Gasteiger partial charge >= 0.3 is 0 Å². The molecule has 1 fully saturated rings. The van der Waals surface area contributed by atoms with Crippen LogP contribution in [0.4, 0.5) is 11.6 Å². The average Bonchev–Trinajstić information content (AvgIpc) is 2.77. The maximum atomic E-state index is 12.3. The monoisotopic (exact) mass is 380 g/mol. The maximum Gasteiger partial charge on any atom is 0.258 e. The third-order valence-corrected chi connectivity index (χ3v) is 5.75. The molecule has 25 heavy (non-hydrogen) atoms. The average molecular weight is 381 g/mol. The first-order valence-electron chi connectivity index (χ1n) is 7.24. The van der Waals surface area contributed by atoms with Crippen molar-refractivity contribution < 1.29 is 18.0 Å². The van der Waals surface area contributed by atoms with Gasteiger partial charge < -0.3 is 0 Å². The topological polar surface area (TPSA) is 109 Å². The molecule has 0 radical (unpaired) electrons. The predicted molar refractivity (Wildman–Crippen MR) is 91.9 cm³/mol. The molecule has 1 saturated heterocycles. The molecule has 8 nitrogen and oxygen atoms in total. The van der Waals surface area contributed by atoms with Gasteiger partial charge in [0.1, 0.15) is 0 Å². The highest BCUT2D eigenvalue weighted by molar-refractivity contribution is 7.94. The Hall–Kier alpha value is -2.52. The van der Waals surface area contributed by atoms with Crippen LogP contribution in [0.25, 0.3) is 0 Å². The molecule has 1 aromatic heterocycles. The summed E-state index contributed by atoms with van der Waals surface area (Å²) in [6.45, 7) is 1.52. The molecule has 3 rings (SSSR count). The van der Waals surface area contributed by atoms with Crippen LogP contribution in [0.5, 0.6) is 0 Å². The molecule has 0 bridgehead atoms. The Morgan fingerprint density at radius 1 is 1.32 bits per heavy atom. The maximum absolute atomic E-state index is 12.3. The van der Waals surface area contributed by atoms with Crippen molar-refractivity contribution in [3.8, 4) is 0 Å². The standard InChI is InChI=1S/C15H13ClN4O4S/c1-9-8-25(23,24)20(14(9)22)12-7-10(3-4-11(12)16)13(21)19-15-17-5-2-6-18-15/h2-7,9H,8H2,1H3,(H,17,18,19,21).